The van der Waals surface area contributed by atoms with Crippen molar-refractivity contribution < 1.29 is 4.79 Å². The van der Waals surface area contributed by atoms with Crippen LogP contribution in [0.5, 0.6) is 0 Å². The van der Waals surface area contributed by atoms with Crippen molar-refractivity contribution >= 4 is 5.91 Å². The Morgan fingerprint density at radius 2 is 1.88 bits per heavy atom. The summed E-state index contributed by atoms with van der Waals surface area (Å²) in [5.41, 5.74) is 0.677. The zero-order chi connectivity index (χ0) is 18.3. The molecule has 4 fully saturated rings. The van der Waals surface area contributed by atoms with Crippen LogP contribution in [-0.2, 0) is 4.79 Å². The number of fused-ring (bicyclic) bond motifs is 5. The van der Waals surface area contributed by atoms with Crippen molar-refractivity contribution in [3.05, 3.63) is 12.2 Å². The average molecular weight is 357 g/mol. The van der Waals surface area contributed by atoms with Gasteiger partial charge in [-0.25, -0.2) is 0 Å². The van der Waals surface area contributed by atoms with Crippen molar-refractivity contribution in [2.24, 2.45) is 34.5 Å². The molecule has 9 atom stereocenters. The number of nitrogens with one attached hydrogen (secondary N) is 1. The van der Waals surface area contributed by atoms with Gasteiger partial charge < -0.3 is 10.2 Å². The van der Waals surface area contributed by atoms with Crippen LogP contribution in [0.1, 0.15) is 65.7 Å². The molecule has 0 spiro atoms. The van der Waals surface area contributed by atoms with Gasteiger partial charge in [-0.2, -0.15) is 0 Å². The molecule has 0 radical (unpaired) electrons. The number of hydrogen-bond acceptors (Lipinski definition) is 2. The highest BCUT2D eigenvalue weighted by molar-refractivity contribution is 5.89. The molecule has 144 valence electrons. The summed E-state index contributed by atoms with van der Waals surface area (Å²) < 4.78 is 0. The number of likely N-dealkylation sites (N-methyl/N-ethyl adjacent to an activating group) is 1. The van der Waals surface area contributed by atoms with E-state index in [1.807, 2.05) is 18.0 Å². The first-order chi connectivity index (χ1) is 12.3. The molecule has 5 aliphatic rings. The molecular weight excluding hydrogens is 320 g/mol. The Hall–Kier alpha value is -0.830. The van der Waals surface area contributed by atoms with Crippen molar-refractivity contribution in [2.45, 2.75) is 83.8 Å². The second-order valence-corrected chi connectivity index (χ2v) is 10.8. The lowest BCUT2D eigenvalue weighted by atomic mass is 9.48. The Kier molecular flexibility index (Phi) is 3.72. The summed E-state index contributed by atoms with van der Waals surface area (Å²) >= 11 is 0. The van der Waals surface area contributed by atoms with E-state index in [4.69, 9.17) is 0 Å². The number of hydrogen-bond donors (Lipinski definition) is 1. The average Bonchev–Trinajstić information content (AvgIpc) is 3.20. The SMILES string of the molecule is CC1CC1N[C@H]1CC[C@H]2[C@@H]3CC[C@H]4N(C)C(=O)C=C[C@]4(C)[C@H]3CC[C@]12C. The molecule has 26 heavy (non-hydrogen) atoms. The molecule has 1 N–H and O–H groups in total. The van der Waals surface area contributed by atoms with Gasteiger partial charge in [-0.15, -0.1) is 0 Å². The molecule has 0 aromatic carbocycles. The van der Waals surface area contributed by atoms with Gasteiger partial charge in [-0.1, -0.05) is 26.8 Å². The maximum atomic E-state index is 12.2. The van der Waals surface area contributed by atoms with Gasteiger partial charge >= 0.3 is 0 Å². The van der Waals surface area contributed by atoms with Crippen molar-refractivity contribution in [1.82, 2.24) is 10.2 Å². The summed E-state index contributed by atoms with van der Waals surface area (Å²) in [6.07, 6.45) is 13.6. The van der Waals surface area contributed by atoms with E-state index in [-0.39, 0.29) is 11.3 Å². The maximum Gasteiger partial charge on any atom is 0.246 e. The van der Waals surface area contributed by atoms with E-state index in [1.54, 1.807) is 0 Å². The fourth-order valence-corrected chi connectivity index (χ4v) is 7.82. The molecule has 4 saturated carbocycles. The highest BCUT2D eigenvalue weighted by atomic mass is 16.2. The lowest BCUT2D eigenvalue weighted by Gasteiger charge is -2.60. The zero-order valence-electron chi connectivity index (χ0n) is 17.0. The largest absolute Gasteiger partial charge is 0.338 e. The monoisotopic (exact) mass is 356 g/mol. The van der Waals surface area contributed by atoms with E-state index in [9.17, 15) is 4.79 Å². The van der Waals surface area contributed by atoms with Crippen LogP contribution in [0.25, 0.3) is 0 Å². The van der Waals surface area contributed by atoms with Crippen LogP contribution in [0, 0.1) is 34.5 Å². The quantitative estimate of drug-likeness (QED) is 0.811. The summed E-state index contributed by atoms with van der Waals surface area (Å²) in [6.45, 7) is 7.44. The molecule has 3 nitrogen and oxygen atoms in total. The lowest BCUT2D eigenvalue weighted by Crippen LogP contribution is -2.60. The third kappa shape index (κ3) is 2.25. The Bertz CT molecular complexity index is 644. The fraction of sp³-hybridized carbons (Fsp3) is 0.870. The van der Waals surface area contributed by atoms with Crippen molar-refractivity contribution in [1.29, 1.82) is 0 Å². The van der Waals surface area contributed by atoms with Crippen LogP contribution in [0.15, 0.2) is 12.2 Å². The van der Waals surface area contributed by atoms with Gasteiger partial charge in [0.25, 0.3) is 0 Å². The van der Waals surface area contributed by atoms with Gasteiger partial charge in [0.1, 0.15) is 0 Å². The minimum Gasteiger partial charge on any atom is -0.338 e. The molecule has 0 aromatic rings. The highest BCUT2D eigenvalue weighted by Gasteiger charge is 2.60. The molecule has 1 amide bonds. The number of carbonyl (C=O) groups is 1. The molecule has 3 heteroatoms. The second-order valence-electron chi connectivity index (χ2n) is 10.8. The summed E-state index contributed by atoms with van der Waals surface area (Å²) in [5, 5.41) is 4.05. The van der Waals surface area contributed by atoms with Crippen molar-refractivity contribution in [2.75, 3.05) is 7.05 Å². The van der Waals surface area contributed by atoms with Gasteiger partial charge in [0.05, 0.1) is 0 Å². The first-order valence-corrected chi connectivity index (χ1v) is 11.1. The van der Waals surface area contributed by atoms with Gasteiger partial charge in [0.15, 0.2) is 0 Å². The molecule has 1 aliphatic heterocycles. The summed E-state index contributed by atoms with van der Waals surface area (Å²) in [5.74, 6) is 3.58. The van der Waals surface area contributed by atoms with Gasteiger partial charge in [-0.3, -0.25) is 4.79 Å². The van der Waals surface area contributed by atoms with Crippen LogP contribution in [0.4, 0.5) is 0 Å². The number of rotatable bonds is 2. The molecule has 4 aliphatic carbocycles. The number of carbonyl (C=O) groups excluding carboxylic acids is 1. The predicted octanol–water partition coefficient (Wildman–Crippen LogP) is 3.99. The first kappa shape index (κ1) is 17.3. The number of amides is 1. The Morgan fingerprint density at radius 3 is 2.62 bits per heavy atom. The van der Waals surface area contributed by atoms with E-state index in [0.717, 1.165) is 35.8 Å². The summed E-state index contributed by atoms with van der Waals surface area (Å²) in [6, 6.07) is 1.94. The first-order valence-electron chi connectivity index (χ1n) is 11.1. The normalized spacial score (nSPS) is 55.3. The summed E-state index contributed by atoms with van der Waals surface area (Å²) in [4.78, 5) is 14.2. The standard InChI is InChI=1S/C23H36N2O/c1-14-13-18(14)24-19-7-6-16-15-5-8-20-23(3,12-10-21(26)25(20)4)17(15)9-11-22(16,19)2/h10,12,14-20,24H,5-9,11,13H2,1-4H3/t14?,15-,16-,17-,18?,19-,20+,22-,23+/m0/s1. The molecular formula is C23H36N2O. The predicted molar refractivity (Wildman–Crippen MR) is 105 cm³/mol. The van der Waals surface area contributed by atoms with E-state index >= 15 is 0 Å². The summed E-state index contributed by atoms with van der Waals surface area (Å²) in [7, 11) is 2.02. The van der Waals surface area contributed by atoms with E-state index < -0.39 is 0 Å². The molecule has 5 rings (SSSR count). The van der Waals surface area contributed by atoms with Gasteiger partial charge in [-0.05, 0) is 80.1 Å². The minimum absolute atomic E-state index is 0.184. The molecule has 0 aromatic heterocycles. The molecule has 2 unspecified atom stereocenters. The van der Waals surface area contributed by atoms with Crippen molar-refractivity contribution in [3.63, 3.8) is 0 Å². The third-order valence-electron chi connectivity index (χ3n) is 9.65. The van der Waals surface area contributed by atoms with E-state index in [1.165, 1.54) is 44.9 Å². The van der Waals surface area contributed by atoms with E-state index in [2.05, 4.69) is 32.2 Å². The fourth-order valence-electron chi connectivity index (χ4n) is 7.82. The number of nitrogens with zero attached hydrogens (tertiary/aromatic N) is 1. The van der Waals surface area contributed by atoms with Gasteiger partial charge in [0, 0.05) is 30.6 Å². The molecule has 0 bridgehead atoms. The minimum atomic E-state index is 0.184. The third-order valence-corrected chi connectivity index (χ3v) is 9.65. The topological polar surface area (TPSA) is 32.3 Å². The van der Waals surface area contributed by atoms with Crippen LogP contribution in [0.2, 0.25) is 0 Å². The highest BCUT2D eigenvalue weighted by Crippen LogP contribution is 2.64. The van der Waals surface area contributed by atoms with Crippen LogP contribution in [-0.4, -0.2) is 36.0 Å². The maximum absolute atomic E-state index is 12.2. The van der Waals surface area contributed by atoms with Crippen molar-refractivity contribution in [3.8, 4) is 0 Å². The Labute approximate surface area is 159 Å². The lowest BCUT2D eigenvalue weighted by molar-refractivity contribution is -0.138. The molecule has 1 heterocycles. The Balaban J connectivity index is 1.40. The van der Waals surface area contributed by atoms with Crippen LogP contribution >= 0.6 is 0 Å². The van der Waals surface area contributed by atoms with Gasteiger partial charge in [0.2, 0.25) is 5.91 Å². The molecule has 0 saturated heterocycles. The van der Waals surface area contributed by atoms with E-state index in [0.29, 0.717) is 11.5 Å². The second kappa shape index (κ2) is 5.59. The van der Waals surface area contributed by atoms with Crippen LogP contribution in [0.3, 0.4) is 0 Å². The Morgan fingerprint density at radius 1 is 1.12 bits per heavy atom. The smallest absolute Gasteiger partial charge is 0.246 e. The zero-order valence-corrected chi connectivity index (χ0v) is 17.0. The van der Waals surface area contributed by atoms with Crippen LogP contribution < -0.4 is 5.32 Å².